The van der Waals surface area contributed by atoms with Crippen molar-refractivity contribution in [2.24, 2.45) is 10.2 Å². The molecule has 0 unspecified atom stereocenters. The average molecular weight is 437 g/mol. The number of rotatable bonds is 7. The SMILES string of the molecule is CNc1cc(S(=O)(=O)O)cc2cc(SOOO)c(N=Nc3ccccc3)c(O)c12. The second kappa shape index (κ2) is 8.73. The summed E-state index contributed by atoms with van der Waals surface area (Å²) < 4.78 is 36.9. The predicted octanol–water partition coefficient (Wildman–Crippen LogP) is 4.68. The number of hydrogen-bond donors (Lipinski definition) is 4. The Labute approximate surface area is 169 Å². The highest BCUT2D eigenvalue weighted by molar-refractivity contribution is 7.94. The third-order valence-corrected chi connectivity index (χ3v) is 5.32. The Bertz CT molecular complexity index is 1170. The van der Waals surface area contributed by atoms with Crippen molar-refractivity contribution in [3.8, 4) is 5.75 Å². The van der Waals surface area contributed by atoms with Gasteiger partial charge in [0.1, 0.15) is 5.69 Å². The highest BCUT2D eigenvalue weighted by atomic mass is 32.2. The molecule has 0 aliphatic carbocycles. The van der Waals surface area contributed by atoms with E-state index in [9.17, 15) is 18.1 Å². The third-order valence-electron chi connectivity index (χ3n) is 3.87. The molecule has 0 saturated carbocycles. The summed E-state index contributed by atoms with van der Waals surface area (Å²) in [5.74, 6) is -0.322. The lowest BCUT2D eigenvalue weighted by atomic mass is 10.1. The van der Waals surface area contributed by atoms with Gasteiger partial charge in [0.05, 0.1) is 27.5 Å². The summed E-state index contributed by atoms with van der Waals surface area (Å²) in [6.45, 7) is 0. The zero-order valence-corrected chi connectivity index (χ0v) is 16.4. The number of aromatic hydroxyl groups is 1. The van der Waals surface area contributed by atoms with Crippen LogP contribution in [-0.4, -0.2) is 30.4 Å². The first-order chi connectivity index (χ1) is 13.8. The molecule has 0 radical (unpaired) electrons. The van der Waals surface area contributed by atoms with Crippen LogP contribution in [0.3, 0.4) is 0 Å². The van der Waals surface area contributed by atoms with Gasteiger partial charge in [0.15, 0.2) is 5.75 Å². The molecule has 0 fully saturated rings. The van der Waals surface area contributed by atoms with Crippen LogP contribution in [0, 0.1) is 0 Å². The third kappa shape index (κ3) is 4.64. The number of anilines is 1. The minimum Gasteiger partial charge on any atom is -0.505 e. The predicted molar refractivity (Wildman–Crippen MR) is 106 cm³/mol. The van der Waals surface area contributed by atoms with Gasteiger partial charge in [0.2, 0.25) is 0 Å². The van der Waals surface area contributed by atoms with Gasteiger partial charge in [-0.15, -0.1) is 9.45 Å². The molecular weight excluding hydrogens is 422 g/mol. The van der Waals surface area contributed by atoms with E-state index in [0.717, 1.165) is 0 Å². The Morgan fingerprint density at radius 2 is 1.83 bits per heavy atom. The fourth-order valence-corrected chi connectivity index (χ4v) is 3.66. The molecule has 0 bridgehead atoms. The summed E-state index contributed by atoms with van der Waals surface area (Å²) in [4.78, 5) is -0.207. The maximum absolute atomic E-state index is 11.6. The van der Waals surface area contributed by atoms with E-state index in [1.165, 1.54) is 25.2 Å². The maximum atomic E-state index is 11.6. The molecule has 3 aromatic carbocycles. The van der Waals surface area contributed by atoms with E-state index < -0.39 is 10.1 Å². The molecule has 0 amide bonds. The fraction of sp³-hybridized carbons (Fsp3) is 0.0588. The van der Waals surface area contributed by atoms with Crippen molar-refractivity contribution in [3.63, 3.8) is 0 Å². The van der Waals surface area contributed by atoms with Gasteiger partial charge in [0.25, 0.3) is 10.1 Å². The average Bonchev–Trinajstić information content (AvgIpc) is 2.70. The molecule has 152 valence electrons. The number of benzene rings is 3. The number of phenols is 1. The molecule has 0 spiro atoms. The maximum Gasteiger partial charge on any atom is 0.294 e. The Morgan fingerprint density at radius 3 is 2.45 bits per heavy atom. The minimum absolute atomic E-state index is 0.000455. The highest BCUT2D eigenvalue weighted by Crippen LogP contribution is 2.46. The molecule has 3 rings (SSSR count). The van der Waals surface area contributed by atoms with Crippen molar-refractivity contribution >= 4 is 50.0 Å². The van der Waals surface area contributed by atoms with Crippen LogP contribution in [-0.2, 0) is 19.5 Å². The topological polar surface area (TPSA) is 150 Å². The van der Waals surface area contributed by atoms with Crippen molar-refractivity contribution in [1.29, 1.82) is 0 Å². The number of nitrogens with zero attached hydrogens (tertiary/aromatic N) is 2. The normalized spacial score (nSPS) is 12.0. The van der Waals surface area contributed by atoms with Gasteiger partial charge in [0, 0.05) is 18.1 Å². The van der Waals surface area contributed by atoms with E-state index in [-0.39, 0.29) is 37.7 Å². The molecular formula is C17H15N3O7S2. The van der Waals surface area contributed by atoms with E-state index in [0.29, 0.717) is 17.7 Å². The second-order valence-electron chi connectivity index (χ2n) is 5.63. The Morgan fingerprint density at radius 1 is 1.10 bits per heavy atom. The Kier molecular flexibility index (Phi) is 6.32. The number of hydrogen-bond acceptors (Lipinski definition) is 10. The summed E-state index contributed by atoms with van der Waals surface area (Å²) in [6.07, 6.45) is 0. The summed E-state index contributed by atoms with van der Waals surface area (Å²) in [5, 5.41) is 34.3. The quantitative estimate of drug-likeness (QED) is 0.136. The van der Waals surface area contributed by atoms with Crippen molar-refractivity contribution < 1.29 is 32.7 Å². The van der Waals surface area contributed by atoms with Crippen LogP contribution < -0.4 is 5.32 Å². The van der Waals surface area contributed by atoms with E-state index in [1.54, 1.807) is 24.3 Å². The molecule has 29 heavy (non-hydrogen) atoms. The first kappa shape index (κ1) is 21.0. The summed E-state index contributed by atoms with van der Waals surface area (Å²) in [5.41, 5.74) is 0.761. The van der Waals surface area contributed by atoms with Gasteiger partial charge in [-0.1, -0.05) is 23.2 Å². The molecule has 0 atom stereocenters. The number of fused-ring (bicyclic) bond motifs is 1. The van der Waals surface area contributed by atoms with E-state index in [1.807, 2.05) is 6.07 Å². The summed E-state index contributed by atoms with van der Waals surface area (Å²) in [7, 11) is -2.97. The fourth-order valence-electron chi connectivity index (χ4n) is 2.62. The van der Waals surface area contributed by atoms with Crippen molar-refractivity contribution in [2.75, 3.05) is 12.4 Å². The second-order valence-corrected chi connectivity index (χ2v) is 7.79. The van der Waals surface area contributed by atoms with Crippen LogP contribution in [0.1, 0.15) is 0 Å². The molecule has 4 N–H and O–H groups in total. The zero-order valence-electron chi connectivity index (χ0n) is 14.8. The van der Waals surface area contributed by atoms with Crippen LogP contribution in [0.2, 0.25) is 0 Å². The van der Waals surface area contributed by atoms with Crippen LogP contribution in [0.25, 0.3) is 10.8 Å². The monoisotopic (exact) mass is 437 g/mol. The first-order valence-electron chi connectivity index (χ1n) is 7.95. The molecule has 12 heteroatoms. The van der Waals surface area contributed by atoms with Gasteiger partial charge in [-0.2, -0.15) is 13.5 Å². The standard InChI is InChI=1S/C17H15N3O7S2/c1-18-13-9-12(29(23,24)25)7-10-8-14(28-27-26-22)16(17(21)15(10)13)20-19-11-5-3-2-4-6-11/h2-9,18,21-22H,1H3,(H,23,24,25). The van der Waals surface area contributed by atoms with Gasteiger partial charge in [-0.05, 0) is 35.7 Å². The van der Waals surface area contributed by atoms with Crippen LogP contribution in [0.15, 0.2) is 68.6 Å². The molecule has 0 aliphatic heterocycles. The van der Waals surface area contributed by atoms with E-state index in [2.05, 4.69) is 24.9 Å². The number of nitrogens with one attached hydrogen (secondary N) is 1. The number of azo groups is 1. The molecule has 10 nitrogen and oxygen atoms in total. The largest absolute Gasteiger partial charge is 0.505 e. The Balaban J connectivity index is 2.26. The van der Waals surface area contributed by atoms with Crippen LogP contribution in [0.5, 0.6) is 5.75 Å². The Hall–Kier alpha value is -2.74. The molecule has 0 aliphatic rings. The lowest BCUT2D eigenvalue weighted by Crippen LogP contribution is -2.00. The van der Waals surface area contributed by atoms with Crippen molar-refractivity contribution in [1.82, 2.24) is 0 Å². The van der Waals surface area contributed by atoms with E-state index in [4.69, 9.17) is 5.26 Å². The minimum atomic E-state index is -4.49. The lowest BCUT2D eigenvalue weighted by molar-refractivity contribution is -0.432. The van der Waals surface area contributed by atoms with Crippen molar-refractivity contribution in [2.45, 2.75) is 9.79 Å². The van der Waals surface area contributed by atoms with Crippen LogP contribution in [0.4, 0.5) is 17.1 Å². The summed E-state index contributed by atoms with van der Waals surface area (Å²) in [6, 6.07) is 12.5. The van der Waals surface area contributed by atoms with Crippen LogP contribution >= 0.6 is 12.0 Å². The molecule has 3 aromatic rings. The smallest absolute Gasteiger partial charge is 0.294 e. The zero-order chi connectivity index (χ0) is 21.0. The van der Waals surface area contributed by atoms with Crippen molar-refractivity contribution in [3.05, 3.63) is 48.5 Å². The van der Waals surface area contributed by atoms with E-state index >= 15 is 0 Å². The summed E-state index contributed by atoms with van der Waals surface area (Å²) >= 11 is 0.520. The van der Waals surface area contributed by atoms with Gasteiger partial charge in [-0.25, -0.2) is 5.26 Å². The molecule has 0 heterocycles. The first-order valence-corrected chi connectivity index (χ1v) is 10.1. The molecule has 0 aromatic heterocycles. The van der Waals surface area contributed by atoms with Gasteiger partial charge in [-0.3, -0.25) is 4.55 Å². The highest BCUT2D eigenvalue weighted by Gasteiger charge is 2.20. The van der Waals surface area contributed by atoms with Gasteiger partial charge >= 0.3 is 0 Å². The lowest BCUT2D eigenvalue weighted by Gasteiger charge is -2.13. The number of phenolic OH excluding ortho intramolecular Hbond substituents is 1. The molecule has 0 saturated heterocycles. The van der Waals surface area contributed by atoms with Gasteiger partial charge < -0.3 is 10.4 Å².